The number of carbonyl (C=O) groups excluding carboxylic acids is 1. The molecule has 0 spiro atoms. The van der Waals surface area contributed by atoms with Gasteiger partial charge in [0.25, 0.3) is 0 Å². The van der Waals surface area contributed by atoms with Gasteiger partial charge in [-0.05, 0) is 12.2 Å². The van der Waals surface area contributed by atoms with Crippen molar-refractivity contribution < 1.29 is 14.6 Å². The summed E-state index contributed by atoms with van der Waals surface area (Å²) in [4.78, 5) is 14.3. The van der Waals surface area contributed by atoms with Crippen molar-refractivity contribution in [3.05, 3.63) is 16.7 Å². The van der Waals surface area contributed by atoms with Gasteiger partial charge in [-0.2, -0.15) is 0 Å². The molecule has 1 aromatic heterocycles. The van der Waals surface area contributed by atoms with E-state index in [0.717, 1.165) is 0 Å². The highest BCUT2D eigenvalue weighted by atomic mass is 32.1. The number of nitrogens with one attached hydrogen (secondary N) is 2. The molecule has 0 atom stereocenters. The van der Waals surface area contributed by atoms with E-state index < -0.39 is 0 Å². The Morgan fingerprint density at radius 2 is 2.47 bits per heavy atom. The summed E-state index contributed by atoms with van der Waals surface area (Å²) >= 11 is 5.04. The molecule has 0 bridgehead atoms. The summed E-state index contributed by atoms with van der Waals surface area (Å²) in [6.07, 6.45) is 1.97. The van der Waals surface area contributed by atoms with Crippen LogP contribution in [0.4, 0.5) is 0 Å². The van der Waals surface area contributed by atoms with Gasteiger partial charge in [0.2, 0.25) is 5.91 Å². The van der Waals surface area contributed by atoms with Gasteiger partial charge in [0.05, 0.1) is 18.9 Å². The van der Waals surface area contributed by atoms with E-state index in [0.29, 0.717) is 36.6 Å². The summed E-state index contributed by atoms with van der Waals surface area (Å²) in [7, 11) is 1.58. The highest BCUT2D eigenvalue weighted by Crippen LogP contribution is 2.02. The number of carbonyl (C=O) groups is 1. The first kappa shape index (κ1) is 13.9. The number of aliphatic hydroxyl groups is 1. The van der Waals surface area contributed by atoms with Crippen LogP contribution < -0.4 is 5.32 Å². The van der Waals surface area contributed by atoms with Gasteiger partial charge in [0.15, 0.2) is 4.77 Å². The van der Waals surface area contributed by atoms with E-state index in [2.05, 4.69) is 10.3 Å². The molecule has 0 unspecified atom stereocenters. The van der Waals surface area contributed by atoms with Gasteiger partial charge >= 0.3 is 0 Å². The molecule has 0 saturated carbocycles. The summed E-state index contributed by atoms with van der Waals surface area (Å²) < 4.78 is 7.05. The molecule has 0 radical (unpaired) electrons. The van der Waals surface area contributed by atoms with Gasteiger partial charge in [0.1, 0.15) is 0 Å². The van der Waals surface area contributed by atoms with Crippen LogP contribution in [0.1, 0.15) is 12.1 Å². The van der Waals surface area contributed by atoms with Crippen LogP contribution in [0, 0.1) is 4.77 Å². The summed E-state index contributed by atoms with van der Waals surface area (Å²) in [6, 6.07) is 0. The number of rotatable bonds is 7. The Bertz CT molecular complexity index is 413. The van der Waals surface area contributed by atoms with Crippen molar-refractivity contribution in [2.45, 2.75) is 19.6 Å². The van der Waals surface area contributed by atoms with E-state index in [1.807, 2.05) is 0 Å². The summed E-state index contributed by atoms with van der Waals surface area (Å²) in [5.41, 5.74) is 0.680. The number of hydrogen-bond acceptors (Lipinski definition) is 4. The van der Waals surface area contributed by atoms with E-state index in [9.17, 15) is 4.79 Å². The first-order valence-corrected chi connectivity index (χ1v) is 5.73. The quantitative estimate of drug-likeness (QED) is 0.482. The molecule has 6 nitrogen and oxygen atoms in total. The van der Waals surface area contributed by atoms with Crippen LogP contribution in [-0.2, 0) is 22.7 Å². The fourth-order valence-electron chi connectivity index (χ4n) is 1.40. The number of nitrogens with zero attached hydrogens (tertiary/aromatic N) is 1. The van der Waals surface area contributed by atoms with Crippen molar-refractivity contribution in [1.82, 2.24) is 14.9 Å². The van der Waals surface area contributed by atoms with Crippen LogP contribution in [0.25, 0.3) is 0 Å². The second-order valence-corrected chi connectivity index (χ2v) is 3.87. The maximum atomic E-state index is 11.4. The molecule has 7 heteroatoms. The summed E-state index contributed by atoms with van der Waals surface area (Å²) in [6.45, 7) is 1.35. The SMILES string of the molecule is COCCNC(=O)CCn1c(CO)c[nH]c1=S. The van der Waals surface area contributed by atoms with E-state index in [4.69, 9.17) is 22.1 Å². The lowest BCUT2D eigenvalue weighted by molar-refractivity contribution is -0.121. The zero-order chi connectivity index (χ0) is 12.7. The van der Waals surface area contributed by atoms with E-state index in [1.165, 1.54) is 0 Å². The lowest BCUT2D eigenvalue weighted by atomic mass is 10.3. The van der Waals surface area contributed by atoms with Crippen LogP contribution >= 0.6 is 12.2 Å². The number of hydrogen-bond donors (Lipinski definition) is 3. The molecular weight excluding hydrogens is 242 g/mol. The second kappa shape index (κ2) is 7.21. The van der Waals surface area contributed by atoms with Gasteiger partial charge in [-0.3, -0.25) is 4.79 Å². The minimum absolute atomic E-state index is 0.0611. The van der Waals surface area contributed by atoms with Crippen molar-refractivity contribution >= 4 is 18.1 Å². The Hall–Kier alpha value is -1.18. The van der Waals surface area contributed by atoms with Crippen LogP contribution in [0.2, 0.25) is 0 Å². The number of imidazole rings is 1. The Morgan fingerprint density at radius 3 is 3.12 bits per heavy atom. The van der Waals surface area contributed by atoms with Crippen LogP contribution in [-0.4, -0.2) is 40.8 Å². The molecule has 0 fully saturated rings. The Morgan fingerprint density at radius 1 is 1.71 bits per heavy atom. The van der Waals surface area contributed by atoms with Crippen molar-refractivity contribution in [3.8, 4) is 0 Å². The lowest BCUT2D eigenvalue weighted by Crippen LogP contribution is -2.27. The minimum Gasteiger partial charge on any atom is -0.390 e. The first-order chi connectivity index (χ1) is 8.19. The maximum Gasteiger partial charge on any atom is 0.221 e. The first-order valence-electron chi connectivity index (χ1n) is 5.32. The largest absolute Gasteiger partial charge is 0.390 e. The number of amides is 1. The molecule has 0 aliphatic carbocycles. The smallest absolute Gasteiger partial charge is 0.221 e. The van der Waals surface area contributed by atoms with Crippen molar-refractivity contribution in [1.29, 1.82) is 0 Å². The standard InChI is InChI=1S/C10H17N3O3S/c1-16-5-3-11-9(15)2-4-13-8(7-14)6-12-10(13)17/h6,14H,2-5,7H2,1H3,(H,11,15)(H,12,17). The average Bonchev–Trinajstić information content (AvgIpc) is 2.67. The zero-order valence-electron chi connectivity index (χ0n) is 9.73. The van der Waals surface area contributed by atoms with Crippen LogP contribution in [0.15, 0.2) is 6.20 Å². The molecule has 0 aliphatic rings. The number of ether oxygens (including phenoxy) is 1. The normalized spacial score (nSPS) is 10.5. The van der Waals surface area contributed by atoms with Crippen LogP contribution in [0.3, 0.4) is 0 Å². The van der Waals surface area contributed by atoms with Crippen molar-refractivity contribution in [2.75, 3.05) is 20.3 Å². The topological polar surface area (TPSA) is 79.3 Å². The molecule has 3 N–H and O–H groups in total. The third-order valence-corrected chi connectivity index (χ3v) is 2.65. The number of H-pyrrole nitrogens is 1. The molecule has 1 rings (SSSR count). The third-order valence-electron chi connectivity index (χ3n) is 2.31. The van der Waals surface area contributed by atoms with Gasteiger partial charge in [-0.1, -0.05) is 0 Å². The number of methoxy groups -OCH3 is 1. The Kier molecular flexibility index (Phi) is 5.88. The summed E-state index contributed by atoms with van der Waals surface area (Å²) in [5.74, 6) is -0.0611. The van der Waals surface area contributed by atoms with E-state index in [1.54, 1.807) is 17.9 Å². The average molecular weight is 259 g/mol. The lowest BCUT2D eigenvalue weighted by Gasteiger charge is -2.07. The number of aliphatic hydroxyl groups excluding tert-OH is 1. The zero-order valence-corrected chi connectivity index (χ0v) is 10.5. The predicted octanol–water partition coefficient (Wildman–Crippen LogP) is 0.191. The molecule has 1 amide bonds. The molecule has 0 aliphatic heterocycles. The molecule has 96 valence electrons. The molecule has 0 aromatic carbocycles. The predicted molar refractivity (Wildman–Crippen MR) is 65.0 cm³/mol. The van der Waals surface area contributed by atoms with E-state index in [-0.39, 0.29) is 12.5 Å². The monoisotopic (exact) mass is 259 g/mol. The molecule has 17 heavy (non-hydrogen) atoms. The third kappa shape index (κ3) is 4.29. The molecular formula is C10H17N3O3S. The van der Waals surface area contributed by atoms with Gasteiger partial charge in [0, 0.05) is 32.8 Å². The molecule has 0 saturated heterocycles. The summed E-state index contributed by atoms with van der Waals surface area (Å²) in [5, 5.41) is 11.8. The Balaban J connectivity index is 2.41. The molecule has 1 aromatic rings. The fourth-order valence-corrected chi connectivity index (χ4v) is 1.67. The van der Waals surface area contributed by atoms with Crippen molar-refractivity contribution in [3.63, 3.8) is 0 Å². The number of aromatic nitrogens is 2. The van der Waals surface area contributed by atoms with Crippen molar-refractivity contribution in [2.24, 2.45) is 0 Å². The minimum atomic E-state index is -0.0988. The van der Waals surface area contributed by atoms with Gasteiger partial charge in [-0.15, -0.1) is 0 Å². The Labute approximate surface area is 105 Å². The van der Waals surface area contributed by atoms with E-state index >= 15 is 0 Å². The molecule has 1 heterocycles. The second-order valence-electron chi connectivity index (χ2n) is 3.49. The fraction of sp³-hybridized carbons (Fsp3) is 0.600. The maximum absolute atomic E-state index is 11.4. The highest BCUT2D eigenvalue weighted by Gasteiger charge is 2.05. The van der Waals surface area contributed by atoms with Gasteiger partial charge in [-0.25, -0.2) is 0 Å². The highest BCUT2D eigenvalue weighted by molar-refractivity contribution is 7.71. The van der Waals surface area contributed by atoms with Gasteiger partial charge < -0.3 is 24.7 Å². The number of aromatic amines is 1. The van der Waals surface area contributed by atoms with Crippen LogP contribution in [0.5, 0.6) is 0 Å².